The molecule has 1 N–H and O–H groups in total. The molecule has 0 radical (unpaired) electrons. The number of aromatic nitrogens is 2. The number of carboxylic acids is 1. The van der Waals surface area contributed by atoms with Gasteiger partial charge in [-0.25, -0.2) is 14.8 Å². The van der Waals surface area contributed by atoms with Crippen LogP contribution in [0.5, 0.6) is 0 Å². The van der Waals surface area contributed by atoms with Gasteiger partial charge in [-0.2, -0.15) is 0 Å². The van der Waals surface area contributed by atoms with Gasteiger partial charge in [-0.15, -0.1) is 0 Å². The molecule has 2 aromatic rings. The van der Waals surface area contributed by atoms with Crippen LogP contribution in [0.15, 0.2) is 24.5 Å². The fourth-order valence-electron chi connectivity index (χ4n) is 2.28. The van der Waals surface area contributed by atoms with Gasteiger partial charge in [0, 0.05) is 40.8 Å². The number of carbonyl (C=O) groups is 1. The van der Waals surface area contributed by atoms with Crippen molar-refractivity contribution in [3.63, 3.8) is 0 Å². The van der Waals surface area contributed by atoms with E-state index in [2.05, 4.69) is 14.9 Å². The molecule has 1 fully saturated rings. The van der Waals surface area contributed by atoms with E-state index >= 15 is 0 Å². The molecule has 1 aromatic carbocycles. The largest absolute Gasteiger partial charge is 0.478 e. The van der Waals surface area contributed by atoms with E-state index in [4.69, 9.17) is 5.11 Å². The molecule has 0 spiro atoms. The lowest BCUT2D eigenvalue weighted by Crippen LogP contribution is -2.38. The molecule has 1 aliphatic rings. The average molecular weight is 291 g/mol. The van der Waals surface area contributed by atoms with Crippen LogP contribution in [-0.2, 0) is 10.8 Å². The van der Waals surface area contributed by atoms with E-state index in [1.54, 1.807) is 18.2 Å². The summed E-state index contributed by atoms with van der Waals surface area (Å²) in [5, 5.41) is 9.83. The van der Waals surface area contributed by atoms with Crippen LogP contribution in [0.3, 0.4) is 0 Å². The molecule has 0 unspecified atom stereocenters. The second-order valence-corrected chi connectivity index (χ2v) is 6.27. The van der Waals surface area contributed by atoms with Crippen molar-refractivity contribution in [2.75, 3.05) is 29.5 Å². The Labute approximate surface area is 117 Å². The highest BCUT2D eigenvalue weighted by molar-refractivity contribution is 7.85. The van der Waals surface area contributed by atoms with Crippen LogP contribution >= 0.6 is 0 Å². The highest BCUT2D eigenvalue weighted by atomic mass is 32.2. The molecule has 20 heavy (non-hydrogen) atoms. The Balaban J connectivity index is 2.03. The van der Waals surface area contributed by atoms with Crippen molar-refractivity contribution in [3.8, 4) is 0 Å². The molecule has 7 heteroatoms. The zero-order valence-corrected chi connectivity index (χ0v) is 11.5. The summed E-state index contributed by atoms with van der Waals surface area (Å²) >= 11 is 0. The lowest BCUT2D eigenvalue weighted by molar-refractivity contribution is 0.0697. The molecule has 0 atom stereocenters. The van der Waals surface area contributed by atoms with E-state index in [0.29, 0.717) is 30.1 Å². The summed E-state index contributed by atoms with van der Waals surface area (Å²) in [4.78, 5) is 21.5. The number of nitrogens with zero attached hydrogens (tertiary/aromatic N) is 3. The first-order valence-electron chi connectivity index (χ1n) is 6.23. The van der Waals surface area contributed by atoms with Gasteiger partial charge in [-0.1, -0.05) is 0 Å². The quantitative estimate of drug-likeness (QED) is 0.885. The van der Waals surface area contributed by atoms with Crippen molar-refractivity contribution >= 4 is 33.5 Å². The second kappa shape index (κ2) is 5.16. The zero-order valence-electron chi connectivity index (χ0n) is 10.7. The number of carboxylic acid groups (broad SMARTS) is 1. The Hall–Kier alpha value is -2.02. The van der Waals surface area contributed by atoms with E-state index in [0.717, 1.165) is 11.2 Å². The van der Waals surface area contributed by atoms with Gasteiger partial charge in [0.1, 0.15) is 12.1 Å². The Morgan fingerprint density at radius 2 is 2.00 bits per heavy atom. The van der Waals surface area contributed by atoms with Crippen molar-refractivity contribution in [1.82, 2.24) is 9.97 Å². The van der Waals surface area contributed by atoms with Gasteiger partial charge < -0.3 is 10.0 Å². The SMILES string of the molecule is O=C(O)c1ccc2c(N3CCS(=O)CC3)ncnc2c1. The number of rotatable bonds is 2. The molecule has 0 aliphatic carbocycles. The first-order chi connectivity index (χ1) is 9.65. The van der Waals surface area contributed by atoms with E-state index in [1.165, 1.54) is 6.33 Å². The summed E-state index contributed by atoms with van der Waals surface area (Å²) in [5.74, 6) is 1.08. The number of hydrogen-bond acceptors (Lipinski definition) is 5. The summed E-state index contributed by atoms with van der Waals surface area (Å²) in [7, 11) is -0.741. The summed E-state index contributed by atoms with van der Waals surface area (Å²) in [6.07, 6.45) is 1.44. The standard InChI is InChI=1S/C13H13N3O3S/c17-13(18)9-1-2-10-11(7-9)14-8-15-12(10)16-3-5-20(19)6-4-16/h1-2,7-8H,3-6H2,(H,17,18). The van der Waals surface area contributed by atoms with Crippen molar-refractivity contribution in [1.29, 1.82) is 0 Å². The van der Waals surface area contributed by atoms with Crippen LogP contribution in [0.25, 0.3) is 10.9 Å². The highest BCUT2D eigenvalue weighted by Gasteiger charge is 2.19. The van der Waals surface area contributed by atoms with Gasteiger partial charge in [-0.05, 0) is 18.2 Å². The smallest absolute Gasteiger partial charge is 0.335 e. The maximum absolute atomic E-state index is 11.4. The van der Waals surface area contributed by atoms with Crippen LogP contribution < -0.4 is 4.90 Å². The maximum Gasteiger partial charge on any atom is 0.335 e. The molecule has 6 nitrogen and oxygen atoms in total. The van der Waals surface area contributed by atoms with E-state index in [-0.39, 0.29) is 5.56 Å². The van der Waals surface area contributed by atoms with E-state index in [9.17, 15) is 9.00 Å². The topological polar surface area (TPSA) is 83.4 Å². The third-order valence-electron chi connectivity index (χ3n) is 3.34. The molecule has 0 bridgehead atoms. The molecular formula is C13H13N3O3S. The molecule has 104 valence electrons. The van der Waals surface area contributed by atoms with E-state index in [1.807, 2.05) is 0 Å². The van der Waals surface area contributed by atoms with Gasteiger partial charge in [0.25, 0.3) is 0 Å². The summed E-state index contributed by atoms with van der Waals surface area (Å²) < 4.78 is 11.4. The van der Waals surface area contributed by atoms with Crippen molar-refractivity contribution in [3.05, 3.63) is 30.1 Å². The van der Waals surface area contributed by atoms with Crippen molar-refractivity contribution < 1.29 is 14.1 Å². The minimum Gasteiger partial charge on any atom is -0.478 e. The summed E-state index contributed by atoms with van der Waals surface area (Å²) in [6.45, 7) is 1.39. The molecule has 1 saturated heterocycles. The van der Waals surface area contributed by atoms with Crippen LogP contribution in [0.1, 0.15) is 10.4 Å². The lowest BCUT2D eigenvalue weighted by atomic mass is 10.1. The molecule has 1 aliphatic heterocycles. The molecule has 1 aromatic heterocycles. The van der Waals surface area contributed by atoms with Crippen LogP contribution in [0.4, 0.5) is 5.82 Å². The highest BCUT2D eigenvalue weighted by Crippen LogP contribution is 2.24. The van der Waals surface area contributed by atoms with Gasteiger partial charge in [-0.3, -0.25) is 4.21 Å². The number of benzene rings is 1. The van der Waals surface area contributed by atoms with Gasteiger partial charge in [0.15, 0.2) is 0 Å². The Morgan fingerprint density at radius 1 is 1.25 bits per heavy atom. The van der Waals surface area contributed by atoms with Gasteiger partial charge in [0.2, 0.25) is 0 Å². The number of aromatic carboxylic acids is 1. The Morgan fingerprint density at radius 3 is 2.70 bits per heavy atom. The monoisotopic (exact) mass is 291 g/mol. The molecule has 0 saturated carbocycles. The predicted molar refractivity (Wildman–Crippen MR) is 76.6 cm³/mol. The number of anilines is 1. The zero-order chi connectivity index (χ0) is 14.1. The molecular weight excluding hydrogens is 278 g/mol. The maximum atomic E-state index is 11.4. The third-order valence-corrected chi connectivity index (χ3v) is 4.62. The van der Waals surface area contributed by atoms with Crippen LogP contribution in [-0.4, -0.2) is 49.8 Å². The molecule has 0 amide bonds. The first kappa shape index (κ1) is 13.0. The lowest BCUT2D eigenvalue weighted by Gasteiger charge is -2.28. The summed E-state index contributed by atoms with van der Waals surface area (Å²) in [5.41, 5.74) is 0.823. The van der Waals surface area contributed by atoms with Crippen molar-refractivity contribution in [2.24, 2.45) is 0 Å². The third kappa shape index (κ3) is 2.36. The molecule has 3 rings (SSSR count). The van der Waals surface area contributed by atoms with Crippen molar-refractivity contribution in [2.45, 2.75) is 0 Å². The fourth-order valence-corrected chi connectivity index (χ4v) is 3.33. The minimum absolute atomic E-state index is 0.210. The van der Waals surface area contributed by atoms with Crippen LogP contribution in [0, 0.1) is 0 Å². The van der Waals surface area contributed by atoms with Gasteiger partial charge in [0.05, 0.1) is 11.1 Å². The number of fused-ring (bicyclic) bond motifs is 1. The second-order valence-electron chi connectivity index (χ2n) is 4.57. The van der Waals surface area contributed by atoms with Crippen LogP contribution in [0.2, 0.25) is 0 Å². The normalized spacial score (nSPS) is 16.5. The summed E-state index contributed by atoms with van der Waals surface area (Å²) in [6, 6.07) is 4.84. The van der Waals surface area contributed by atoms with E-state index < -0.39 is 16.8 Å². The first-order valence-corrected chi connectivity index (χ1v) is 7.72. The Bertz CT molecular complexity index is 694. The average Bonchev–Trinajstić information content (AvgIpc) is 2.47. The fraction of sp³-hybridized carbons (Fsp3) is 0.308. The number of hydrogen-bond donors (Lipinski definition) is 1. The predicted octanol–water partition coefficient (Wildman–Crippen LogP) is 0.897. The Kier molecular flexibility index (Phi) is 3.35. The minimum atomic E-state index is -0.972. The molecule has 2 heterocycles. The van der Waals surface area contributed by atoms with Gasteiger partial charge >= 0.3 is 5.97 Å².